The first kappa shape index (κ1) is 33.2. The molecule has 12 rings (SSSR count). The maximum atomic E-state index is 6.16. The normalized spacial score (nSPS) is 11.7. The molecule has 0 aliphatic carbocycles. The quantitative estimate of drug-likeness (QED) is 0.170. The molecule has 4 heteroatoms. The lowest BCUT2D eigenvalue weighted by Gasteiger charge is -2.26. The third-order valence-electron chi connectivity index (χ3n) is 11.8. The fourth-order valence-electron chi connectivity index (χ4n) is 9.04. The Labute approximate surface area is 340 Å². The number of fused-ring (bicyclic) bond motifs is 9. The molecule has 0 N–H and O–H groups in total. The van der Waals surface area contributed by atoms with Crippen molar-refractivity contribution >= 4 is 82.5 Å². The van der Waals surface area contributed by atoms with E-state index in [1.54, 1.807) is 0 Å². The molecule has 0 radical (unpaired) electrons. The van der Waals surface area contributed by atoms with Gasteiger partial charge in [0.25, 0.3) is 0 Å². The molecular weight excluding hydrogens is 719 g/mol. The molecule has 0 saturated carbocycles. The Morgan fingerprint density at radius 2 is 1.05 bits per heavy atom. The van der Waals surface area contributed by atoms with Crippen molar-refractivity contribution in [2.45, 2.75) is 0 Å². The first-order valence-corrected chi connectivity index (χ1v) is 20.0. The molecule has 3 aromatic heterocycles. The van der Waals surface area contributed by atoms with Crippen LogP contribution in [0, 0.1) is 0 Å². The second-order valence-electron chi connectivity index (χ2n) is 15.2. The maximum absolute atomic E-state index is 6.16. The van der Waals surface area contributed by atoms with Crippen molar-refractivity contribution in [1.82, 2.24) is 9.55 Å². The number of hydrogen-bond acceptors (Lipinski definition) is 3. The van der Waals surface area contributed by atoms with Crippen LogP contribution in [-0.2, 0) is 0 Å². The minimum atomic E-state index is 0.797. The van der Waals surface area contributed by atoms with Crippen LogP contribution in [-0.4, -0.2) is 9.55 Å². The van der Waals surface area contributed by atoms with E-state index in [0.29, 0.717) is 0 Å². The van der Waals surface area contributed by atoms with Crippen LogP contribution in [0.25, 0.3) is 93.4 Å². The average Bonchev–Trinajstić information content (AvgIpc) is 3.86. The summed E-state index contributed by atoms with van der Waals surface area (Å²) in [5.41, 5.74) is 13.9. The van der Waals surface area contributed by atoms with Gasteiger partial charge in [-0.15, -0.1) is 0 Å². The second kappa shape index (κ2) is 13.3. The van der Waals surface area contributed by atoms with Crippen molar-refractivity contribution in [2.75, 3.05) is 4.90 Å². The van der Waals surface area contributed by atoms with E-state index in [1.165, 1.54) is 48.9 Å². The first-order chi connectivity index (χ1) is 29.2. The molecule has 4 nitrogen and oxygen atoms in total. The highest BCUT2D eigenvalue weighted by molar-refractivity contribution is 6.18. The first-order valence-electron chi connectivity index (χ1n) is 20.0. The maximum Gasteiger partial charge on any atom is 0.153 e. The summed E-state index contributed by atoms with van der Waals surface area (Å²) in [6, 6.07) is 74.0. The van der Waals surface area contributed by atoms with Gasteiger partial charge in [-0.3, -0.25) is 4.98 Å². The van der Waals surface area contributed by atoms with Gasteiger partial charge in [0.15, 0.2) is 5.58 Å². The van der Waals surface area contributed by atoms with Crippen LogP contribution in [0.4, 0.5) is 17.1 Å². The molecule has 0 unspecified atom stereocenters. The number of hydrogen-bond donors (Lipinski definition) is 0. The predicted molar refractivity (Wildman–Crippen MR) is 246 cm³/mol. The predicted octanol–water partition coefficient (Wildman–Crippen LogP) is 15.2. The van der Waals surface area contributed by atoms with Crippen molar-refractivity contribution in [3.05, 3.63) is 212 Å². The van der Waals surface area contributed by atoms with Crippen LogP contribution in [0.2, 0.25) is 0 Å². The Balaban J connectivity index is 0.921. The topological polar surface area (TPSA) is 34.2 Å². The number of furan rings is 1. The summed E-state index contributed by atoms with van der Waals surface area (Å²) < 4.78 is 8.58. The van der Waals surface area contributed by atoms with E-state index < -0.39 is 0 Å². The molecule has 59 heavy (non-hydrogen) atoms. The van der Waals surface area contributed by atoms with Crippen LogP contribution in [0.3, 0.4) is 0 Å². The van der Waals surface area contributed by atoms with E-state index in [0.717, 1.165) is 61.5 Å². The van der Waals surface area contributed by atoms with Crippen LogP contribution >= 0.6 is 0 Å². The molecule has 0 bridgehead atoms. The van der Waals surface area contributed by atoms with Gasteiger partial charge in [-0.05, 0) is 111 Å². The number of aromatic nitrogens is 2. The molecule has 3 heterocycles. The summed E-state index contributed by atoms with van der Waals surface area (Å²) in [6.07, 6.45) is 1.83. The zero-order chi connectivity index (χ0) is 38.9. The SMILES string of the molecule is c1ccc2cc(N(c3ccc(-c4ccc(-n5c6ccccc6c6ccc7ccccc7c65)cc4)cc3)c3ccc(-c4cccc5oc6cccnc6c45)cc3)ccc2c1. The van der Waals surface area contributed by atoms with E-state index in [2.05, 4.69) is 203 Å². The Morgan fingerprint density at radius 3 is 1.85 bits per heavy atom. The Morgan fingerprint density at radius 1 is 0.424 bits per heavy atom. The van der Waals surface area contributed by atoms with Crippen LogP contribution in [0.15, 0.2) is 217 Å². The van der Waals surface area contributed by atoms with Crippen molar-refractivity contribution in [1.29, 1.82) is 0 Å². The largest absolute Gasteiger partial charge is 0.454 e. The highest BCUT2D eigenvalue weighted by Crippen LogP contribution is 2.41. The molecule has 0 saturated heterocycles. The van der Waals surface area contributed by atoms with Crippen molar-refractivity contribution in [3.63, 3.8) is 0 Å². The van der Waals surface area contributed by atoms with Gasteiger partial charge in [-0.1, -0.05) is 133 Å². The third-order valence-corrected chi connectivity index (χ3v) is 11.8. The average molecular weight is 754 g/mol. The lowest BCUT2D eigenvalue weighted by atomic mass is 10.00. The molecule has 12 aromatic rings. The summed E-state index contributed by atoms with van der Waals surface area (Å²) in [4.78, 5) is 7.02. The molecular formula is C55H35N3O. The van der Waals surface area contributed by atoms with E-state index in [4.69, 9.17) is 4.42 Å². The van der Waals surface area contributed by atoms with Gasteiger partial charge in [-0.2, -0.15) is 0 Å². The van der Waals surface area contributed by atoms with E-state index >= 15 is 0 Å². The number of para-hydroxylation sites is 1. The fraction of sp³-hybridized carbons (Fsp3) is 0. The van der Waals surface area contributed by atoms with E-state index in [-0.39, 0.29) is 0 Å². The summed E-state index contributed by atoms with van der Waals surface area (Å²) in [6.45, 7) is 0. The number of rotatable bonds is 6. The van der Waals surface area contributed by atoms with Crippen LogP contribution in [0.1, 0.15) is 0 Å². The van der Waals surface area contributed by atoms with Gasteiger partial charge in [0.2, 0.25) is 0 Å². The minimum Gasteiger partial charge on any atom is -0.454 e. The minimum absolute atomic E-state index is 0.797. The standard InChI is InChI=1S/C55H35N3O/c1-2-11-41-35-45(32-22-36(41)9-1)57(43-30-23-40(24-31-43)46-14-7-16-51-53(46)54-52(59-51)17-8-34-56-54)42-26-18-37(19-27-42)38-20-28-44(29-21-38)58-50-15-6-5-13-48(50)49-33-25-39-10-3-4-12-47(39)55(49)58/h1-35H. The molecule has 0 spiro atoms. The van der Waals surface area contributed by atoms with Crippen molar-refractivity contribution in [3.8, 4) is 27.9 Å². The van der Waals surface area contributed by atoms with Gasteiger partial charge in [0.05, 0.1) is 16.4 Å². The van der Waals surface area contributed by atoms with Crippen LogP contribution in [0.5, 0.6) is 0 Å². The van der Waals surface area contributed by atoms with Crippen molar-refractivity contribution in [2.24, 2.45) is 0 Å². The highest BCUT2D eigenvalue weighted by atomic mass is 16.3. The molecule has 0 aliphatic rings. The fourth-order valence-corrected chi connectivity index (χ4v) is 9.04. The number of benzene rings is 9. The van der Waals surface area contributed by atoms with E-state index in [9.17, 15) is 0 Å². The molecule has 0 fully saturated rings. The van der Waals surface area contributed by atoms with Crippen molar-refractivity contribution < 1.29 is 4.42 Å². The Kier molecular flexibility index (Phi) is 7.50. The zero-order valence-corrected chi connectivity index (χ0v) is 32.0. The monoisotopic (exact) mass is 753 g/mol. The Bertz CT molecular complexity index is 3540. The third kappa shape index (κ3) is 5.42. The molecule has 276 valence electrons. The molecule has 9 aromatic carbocycles. The Hall–Kier alpha value is -7.95. The second-order valence-corrected chi connectivity index (χ2v) is 15.2. The van der Waals surface area contributed by atoms with Gasteiger partial charge in [-0.25, -0.2) is 0 Å². The van der Waals surface area contributed by atoms with Crippen LogP contribution < -0.4 is 4.90 Å². The smallest absolute Gasteiger partial charge is 0.153 e. The van der Waals surface area contributed by atoms with Gasteiger partial charge in [0, 0.05) is 45.1 Å². The van der Waals surface area contributed by atoms with Gasteiger partial charge >= 0.3 is 0 Å². The summed E-state index contributed by atoms with van der Waals surface area (Å²) in [5, 5.41) is 8.49. The number of anilines is 3. The molecule has 0 aliphatic heterocycles. The summed E-state index contributed by atoms with van der Waals surface area (Å²) in [5.74, 6) is 0. The molecule has 0 amide bonds. The number of nitrogens with zero attached hydrogens (tertiary/aromatic N) is 3. The number of pyridine rings is 1. The highest BCUT2D eigenvalue weighted by Gasteiger charge is 2.18. The summed E-state index contributed by atoms with van der Waals surface area (Å²) in [7, 11) is 0. The van der Waals surface area contributed by atoms with Gasteiger partial charge in [0.1, 0.15) is 11.1 Å². The lowest BCUT2D eigenvalue weighted by Crippen LogP contribution is -2.09. The van der Waals surface area contributed by atoms with E-state index in [1.807, 2.05) is 24.4 Å². The summed E-state index contributed by atoms with van der Waals surface area (Å²) >= 11 is 0. The van der Waals surface area contributed by atoms with Gasteiger partial charge < -0.3 is 13.9 Å². The zero-order valence-electron chi connectivity index (χ0n) is 32.0. The molecule has 0 atom stereocenters. The lowest BCUT2D eigenvalue weighted by molar-refractivity contribution is 0.668.